The number of fused-ring (bicyclic) bond motifs is 1. The van der Waals surface area contributed by atoms with Gasteiger partial charge in [0.05, 0.1) is 13.2 Å². The van der Waals surface area contributed by atoms with Gasteiger partial charge in [-0.2, -0.15) is 4.31 Å². The summed E-state index contributed by atoms with van der Waals surface area (Å²) >= 11 is 0. The highest BCUT2D eigenvalue weighted by Crippen LogP contribution is 2.37. The molecule has 32 heavy (non-hydrogen) atoms. The van der Waals surface area contributed by atoms with Crippen LogP contribution in [0.5, 0.6) is 5.75 Å². The molecule has 1 N–H and O–H groups in total. The molecule has 0 saturated heterocycles. The van der Waals surface area contributed by atoms with Gasteiger partial charge in [0.1, 0.15) is 22.6 Å². The van der Waals surface area contributed by atoms with E-state index in [2.05, 4.69) is 0 Å². The fourth-order valence-corrected chi connectivity index (χ4v) is 5.53. The van der Waals surface area contributed by atoms with Crippen molar-refractivity contribution in [2.24, 2.45) is 5.92 Å². The Kier molecular flexibility index (Phi) is 7.22. The molecule has 174 valence electrons. The molecule has 0 unspecified atom stereocenters. The summed E-state index contributed by atoms with van der Waals surface area (Å²) in [5, 5.41) is 9.69. The number of halogens is 1. The van der Waals surface area contributed by atoms with Crippen molar-refractivity contribution >= 4 is 15.9 Å². The maximum Gasteiger partial charge on any atom is 0.247 e. The quantitative estimate of drug-likeness (QED) is 0.735. The summed E-state index contributed by atoms with van der Waals surface area (Å²) in [5.74, 6) is -0.769. The fraction of sp³-hybridized carbons (Fsp3) is 0.435. The summed E-state index contributed by atoms with van der Waals surface area (Å²) in [6.45, 7) is 4.96. The van der Waals surface area contributed by atoms with Crippen molar-refractivity contribution in [2.45, 2.75) is 37.8 Å². The number of aliphatic hydroxyl groups excluding tert-OH is 1. The van der Waals surface area contributed by atoms with Gasteiger partial charge in [0.15, 0.2) is 0 Å². The number of ether oxygens (including phenoxy) is 1. The average Bonchev–Trinajstić information content (AvgIpc) is 2.75. The lowest BCUT2D eigenvalue weighted by Gasteiger charge is -2.37. The van der Waals surface area contributed by atoms with E-state index < -0.39 is 28.0 Å². The maximum atomic E-state index is 14.4. The van der Waals surface area contributed by atoms with E-state index in [4.69, 9.17) is 4.74 Å². The van der Waals surface area contributed by atoms with Crippen LogP contribution in [-0.2, 0) is 14.8 Å². The predicted molar refractivity (Wildman–Crippen MR) is 119 cm³/mol. The first-order valence-electron chi connectivity index (χ1n) is 10.5. The summed E-state index contributed by atoms with van der Waals surface area (Å²) in [7, 11) is -2.34. The summed E-state index contributed by atoms with van der Waals surface area (Å²) in [5.41, 5.74) is 0.801. The first-order chi connectivity index (χ1) is 15.1. The summed E-state index contributed by atoms with van der Waals surface area (Å²) in [6, 6.07) is 10.0. The Labute approximate surface area is 188 Å². The fourth-order valence-electron chi connectivity index (χ4n) is 3.70. The molecule has 1 amide bonds. The van der Waals surface area contributed by atoms with Gasteiger partial charge in [0, 0.05) is 38.0 Å². The Morgan fingerprint density at radius 2 is 2.00 bits per heavy atom. The van der Waals surface area contributed by atoms with Gasteiger partial charge in [-0.1, -0.05) is 31.2 Å². The zero-order chi connectivity index (χ0) is 23.6. The zero-order valence-corrected chi connectivity index (χ0v) is 19.5. The Balaban J connectivity index is 2.16. The standard InChI is InChI=1S/C23H29FN2O5S/c1-15-12-26(16(2)14-27)32(29,30)23-10-9-18(19-7-5-6-8-20(19)24)11-21(23)31-22(15)13-25(4)17(3)28/h5-11,15-16,22,27H,12-14H2,1-4H3/t15-,16+,22+/m1/s1. The lowest BCUT2D eigenvalue weighted by molar-refractivity contribution is -0.129. The molecule has 1 aliphatic rings. The van der Waals surface area contributed by atoms with E-state index in [0.29, 0.717) is 11.1 Å². The first-order valence-corrected chi connectivity index (χ1v) is 11.9. The van der Waals surface area contributed by atoms with Crippen molar-refractivity contribution < 1.29 is 27.4 Å². The van der Waals surface area contributed by atoms with Crippen molar-refractivity contribution in [3.05, 3.63) is 48.3 Å². The van der Waals surface area contributed by atoms with Crippen LogP contribution in [0.4, 0.5) is 4.39 Å². The van der Waals surface area contributed by atoms with Crippen LogP contribution >= 0.6 is 0 Å². The molecule has 0 aromatic heterocycles. The lowest BCUT2D eigenvalue weighted by atomic mass is 10.0. The molecule has 7 nitrogen and oxygen atoms in total. The number of hydrogen-bond acceptors (Lipinski definition) is 5. The van der Waals surface area contributed by atoms with Crippen LogP contribution in [0.1, 0.15) is 20.8 Å². The number of carbonyl (C=O) groups is 1. The number of aliphatic hydroxyl groups is 1. The van der Waals surface area contributed by atoms with Crippen molar-refractivity contribution in [1.82, 2.24) is 9.21 Å². The SMILES string of the molecule is CC(=O)N(C)C[C@@H]1Oc2cc(-c3ccccc3F)ccc2S(=O)(=O)N([C@@H](C)CO)C[C@H]1C. The van der Waals surface area contributed by atoms with E-state index in [9.17, 15) is 22.7 Å². The molecule has 0 bridgehead atoms. The molecular weight excluding hydrogens is 435 g/mol. The van der Waals surface area contributed by atoms with Crippen molar-refractivity contribution in [3.63, 3.8) is 0 Å². The third-order valence-electron chi connectivity index (χ3n) is 5.84. The number of amides is 1. The monoisotopic (exact) mass is 464 g/mol. The topological polar surface area (TPSA) is 87.2 Å². The number of nitrogens with zero attached hydrogens (tertiary/aromatic N) is 2. The number of benzene rings is 2. The lowest BCUT2D eigenvalue weighted by Crippen LogP contribution is -2.50. The minimum atomic E-state index is -3.99. The molecule has 0 radical (unpaired) electrons. The van der Waals surface area contributed by atoms with Gasteiger partial charge < -0.3 is 14.7 Å². The van der Waals surface area contributed by atoms with E-state index in [1.807, 2.05) is 6.92 Å². The zero-order valence-electron chi connectivity index (χ0n) is 18.7. The second-order valence-electron chi connectivity index (χ2n) is 8.28. The van der Waals surface area contributed by atoms with Gasteiger partial charge in [0.25, 0.3) is 0 Å². The van der Waals surface area contributed by atoms with E-state index in [0.717, 1.165) is 0 Å². The Morgan fingerprint density at radius 3 is 2.62 bits per heavy atom. The molecule has 0 spiro atoms. The molecule has 2 aromatic carbocycles. The highest BCUT2D eigenvalue weighted by atomic mass is 32.2. The number of likely N-dealkylation sites (N-methyl/N-ethyl adjacent to an activating group) is 1. The maximum absolute atomic E-state index is 14.4. The highest BCUT2D eigenvalue weighted by molar-refractivity contribution is 7.89. The third-order valence-corrected chi connectivity index (χ3v) is 7.86. The third kappa shape index (κ3) is 4.79. The molecule has 3 atom stereocenters. The van der Waals surface area contributed by atoms with Crippen LogP contribution in [-0.4, -0.2) is 67.5 Å². The van der Waals surface area contributed by atoms with E-state index in [1.165, 1.54) is 34.3 Å². The van der Waals surface area contributed by atoms with E-state index in [-0.39, 0.29) is 42.2 Å². The second kappa shape index (κ2) is 9.56. The van der Waals surface area contributed by atoms with E-state index in [1.54, 1.807) is 38.2 Å². The number of carbonyl (C=O) groups excluding carboxylic acids is 1. The van der Waals surface area contributed by atoms with Gasteiger partial charge in [-0.05, 0) is 30.7 Å². The smallest absolute Gasteiger partial charge is 0.247 e. The average molecular weight is 465 g/mol. The molecule has 1 heterocycles. The van der Waals surface area contributed by atoms with Crippen LogP contribution in [0.2, 0.25) is 0 Å². The Hall–Kier alpha value is -2.49. The molecule has 0 saturated carbocycles. The highest BCUT2D eigenvalue weighted by Gasteiger charge is 2.38. The molecule has 0 aliphatic carbocycles. The summed E-state index contributed by atoms with van der Waals surface area (Å²) in [6.07, 6.45) is -0.512. The van der Waals surface area contributed by atoms with Crippen LogP contribution < -0.4 is 4.74 Å². The molecule has 1 aliphatic heterocycles. The summed E-state index contributed by atoms with van der Waals surface area (Å²) < 4.78 is 48.8. The largest absolute Gasteiger partial charge is 0.487 e. The minimum absolute atomic E-state index is 0.0553. The second-order valence-corrected chi connectivity index (χ2v) is 10.1. The van der Waals surface area contributed by atoms with Crippen molar-refractivity contribution in [2.75, 3.05) is 26.7 Å². The van der Waals surface area contributed by atoms with Crippen LogP contribution in [0.15, 0.2) is 47.4 Å². The van der Waals surface area contributed by atoms with E-state index >= 15 is 0 Å². The Bertz CT molecular complexity index is 1090. The predicted octanol–water partition coefficient (Wildman–Crippen LogP) is 2.74. The molecule has 2 aromatic rings. The molecule has 9 heteroatoms. The minimum Gasteiger partial charge on any atom is -0.487 e. The number of rotatable bonds is 5. The van der Waals surface area contributed by atoms with Gasteiger partial charge >= 0.3 is 0 Å². The van der Waals surface area contributed by atoms with Gasteiger partial charge in [-0.15, -0.1) is 0 Å². The van der Waals surface area contributed by atoms with Gasteiger partial charge in [-0.3, -0.25) is 4.79 Å². The first kappa shape index (κ1) is 24.2. The molecular formula is C23H29FN2O5S. The number of hydrogen-bond donors (Lipinski definition) is 1. The van der Waals surface area contributed by atoms with Crippen LogP contribution in [0.25, 0.3) is 11.1 Å². The number of sulfonamides is 1. The van der Waals surface area contributed by atoms with Crippen molar-refractivity contribution in [3.8, 4) is 16.9 Å². The van der Waals surface area contributed by atoms with Crippen LogP contribution in [0, 0.1) is 11.7 Å². The van der Waals surface area contributed by atoms with Gasteiger partial charge in [0.2, 0.25) is 15.9 Å². The molecule has 0 fully saturated rings. The summed E-state index contributed by atoms with van der Waals surface area (Å²) in [4.78, 5) is 13.3. The van der Waals surface area contributed by atoms with Crippen LogP contribution in [0.3, 0.4) is 0 Å². The normalized spacial score (nSPS) is 21.6. The Morgan fingerprint density at radius 1 is 1.31 bits per heavy atom. The molecule has 3 rings (SSSR count). The van der Waals surface area contributed by atoms with Gasteiger partial charge in [-0.25, -0.2) is 12.8 Å². The van der Waals surface area contributed by atoms with Crippen molar-refractivity contribution in [1.29, 1.82) is 0 Å².